The largest absolute Gasteiger partial charge is 0.319 e. The Morgan fingerprint density at radius 3 is 2.29 bits per heavy atom. The molecule has 5 heteroatoms. The summed E-state index contributed by atoms with van der Waals surface area (Å²) in [4.78, 5) is 8.45. The summed E-state index contributed by atoms with van der Waals surface area (Å²) in [5, 5.41) is 14.7. The summed E-state index contributed by atoms with van der Waals surface area (Å²) in [6, 6.07) is 41.6. The summed E-state index contributed by atoms with van der Waals surface area (Å²) in [5.41, 5.74) is 7.23. The Balaban J connectivity index is 1.36. The zero-order chi connectivity index (χ0) is 28.2. The third kappa shape index (κ3) is 3.62. The lowest BCUT2D eigenvalue weighted by atomic mass is 9.98. The summed E-state index contributed by atoms with van der Waals surface area (Å²) < 4.78 is 4.69. The van der Waals surface area contributed by atoms with Crippen LogP contribution in [0.5, 0.6) is 0 Å². The lowest BCUT2D eigenvalue weighted by Gasteiger charge is -2.13. The summed E-state index contributed by atoms with van der Waals surface area (Å²) in [6.45, 7) is 8.17. The van der Waals surface area contributed by atoms with Gasteiger partial charge in [-0.1, -0.05) is 72.8 Å². The highest BCUT2D eigenvalue weighted by Gasteiger charge is 2.18. The molecule has 5 aromatic carbocycles. The van der Waals surface area contributed by atoms with Gasteiger partial charge >= 0.3 is 0 Å². The molecule has 194 valence electrons. The number of thiophene rings is 1. The molecule has 42 heavy (non-hydrogen) atoms. The number of hydrogen-bond acceptors (Lipinski definition) is 3. The molecule has 0 unspecified atom stereocenters. The van der Waals surface area contributed by atoms with Crippen molar-refractivity contribution in [2.45, 2.75) is 0 Å². The highest BCUT2D eigenvalue weighted by Crippen LogP contribution is 2.42. The maximum atomic E-state index is 9.87. The van der Waals surface area contributed by atoms with Gasteiger partial charge in [-0.2, -0.15) is 5.26 Å². The van der Waals surface area contributed by atoms with Gasteiger partial charge in [0.15, 0.2) is 0 Å². The van der Waals surface area contributed by atoms with Crippen LogP contribution in [0, 0.1) is 17.9 Å². The Bertz CT molecular complexity index is 2440. The van der Waals surface area contributed by atoms with Gasteiger partial charge in [-0.25, -0.2) is 9.83 Å². The highest BCUT2D eigenvalue weighted by molar-refractivity contribution is 7.25. The smallest absolute Gasteiger partial charge is 0.211 e. The lowest BCUT2D eigenvalue weighted by molar-refractivity contribution is 1.19. The average molecular weight is 553 g/mol. The van der Waals surface area contributed by atoms with Crippen LogP contribution < -0.4 is 0 Å². The molecule has 0 amide bonds. The van der Waals surface area contributed by atoms with Crippen molar-refractivity contribution in [1.29, 1.82) is 5.26 Å². The van der Waals surface area contributed by atoms with Crippen molar-refractivity contribution < 1.29 is 0 Å². The van der Waals surface area contributed by atoms with Crippen LogP contribution in [0.25, 0.3) is 74.8 Å². The number of rotatable bonds is 3. The molecule has 0 spiro atoms. The highest BCUT2D eigenvalue weighted by atomic mass is 32.1. The molecule has 0 atom stereocenters. The maximum Gasteiger partial charge on any atom is 0.211 e. The van der Waals surface area contributed by atoms with Crippen LogP contribution in [0.15, 0.2) is 121 Å². The van der Waals surface area contributed by atoms with E-state index in [1.165, 1.54) is 20.2 Å². The van der Waals surface area contributed by atoms with Gasteiger partial charge in [0.25, 0.3) is 0 Å². The fraction of sp³-hybridized carbons (Fsp3) is 0. The minimum atomic E-state index is 0.336. The molecule has 0 fully saturated rings. The number of nitrogens with zero attached hydrogens (tertiary/aromatic N) is 4. The van der Waals surface area contributed by atoms with Gasteiger partial charge < -0.3 is 4.57 Å². The molecular weight excluding hydrogens is 533 g/mol. The van der Waals surface area contributed by atoms with Crippen LogP contribution in [-0.2, 0) is 0 Å². The van der Waals surface area contributed by atoms with E-state index in [0.29, 0.717) is 16.9 Å². The van der Waals surface area contributed by atoms with E-state index in [1.54, 1.807) is 17.5 Å². The predicted octanol–water partition coefficient (Wildman–Crippen LogP) is 10.3. The van der Waals surface area contributed by atoms with Gasteiger partial charge in [-0.05, 0) is 53.6 Å². The fourth-order valence-electron chi connectivity index (χ4n) is 5.98. The average Bonchev–Trinajstić information content (AvgIpc) is 3.58. The van der Waals surface area contributed by atoms with Crippen molar-refractivity contribution in [3.05, 3.63) is 139 Å². The Kier molecular flexibility index (Phi) is 5.40. The molecule has 0 aliphatic heterocycles. The van der Waals surface area contributed by atoms with Crippen LogP contribution in [-0.4, -0.2) is 9.55 Å². The van der Waals surface area contributed by atoms with Crippen LogP contribution >= 0.6 is 11.3 Å². The second-order valence-corrected chi connectivity index (χ2v) is 11.3. The molecule has 3 heterocycles. The first-order valence-corrected chi connectivity index (χ1v) is 14.4. The topological polar surface area (TPSA) is 46.0 Å². The lowest BCUT2D eigenvalue weighted by Crippen LogP contribution is -1.96. The quantitative estimate of drug-likeness (QED) is 0.205. The summed E-state index contributed by atoms with van der Waals surface area (Å²) in [5.74, 6) is 0. The molecule has 0 bridgehead atoms. The van der Waals surface area contributed by atoms with Crippen molar-refractivity contribution in [3.63, 3.8) is 0 Å². The van der Waals surface area contributed by atoms with E-state index in [0.717, 1.165) is 44.2 Å². The second-order valence-electron chi connectivity index (χ2n) is 10.2. The number of benzene rings is 5. The maximum absolute atomic E-state index is 9.87. The van der Waals surface area contributed by atoms with Crippen molar-refractivity contribution in [2.24, 2.45) is 0 Å². The first-order chi connectivity index (χ1) is 20.7. The molecule has 0 saturated heterocycles. The first kappa shape index (κ1) is 24.1. The zero-order valence-electron chi connectivity index (χ0n) is 22.2. The van der Waals surface area contributed by atoms with Gasteiger partial charge in [-0.15, -0.1) is 11.3 Å². The van der Waals surface area contributed by atoms with Crippen LogP contribution in [0.3, 0.4) is 0 Å². The molecule has 0 aliphatic rings. The monoisotopic (exact) mass is 552 g/mol. The standard InChI is InChI=1S/C37H20N4S/c1-39-31-18-24(28-17-25(22-40-32(28)21-38)23-9-3-2-4-10-23)15-16-34(31)41-33-13-7-5-11-26(33)29-19-30-27-12-6-8-14-36(27)42-37(30)20-35(29)41/h2-20,22H. The van der Waals surface area contributed by atoms with E-state index in [4.69, 9.17) is 6.57 Å². The van der Waals surface area contributed by atoms with Gasteiger partial charge in [-0.3, -0.25) is 0 Å². The summed E-state index contributed by atoms with van der Waals surface area (Å²) >= 11 is 1.79. The SMILES string of the molecule is [C-]#[N+]c1cc(-c2cc(-c3ccccc3)cnc2C#N)ccc1-n1c2ccccc2c2cc3c(cc21)sc1ccccc13. The summed E-state index contributed by atoms with van der Waals surface area (Å²) in [6.07, 6.45) is 1.73. The molecule has 0 radical (unpaired) electrons. The van der Waals surface area contributed by atoms with Crippen molar-refractivity contribution in [3.8, 4) is 34.0 Å². The Morgan fingerprint density at radius 2 is 1.45 bits per heavy atom. The molecule has 8 rings (SSSR count). The number of aromatic nitrogens is 2. The molecule has 3 aromatic heterocycles. The Hall–Kier alpha value is -5.75. The third-order valence-corrected chi connectivity index (χ3v) is 9.05. The van der Waals surface area contributed by atoms with Crippen LogP contribution in [0.1, 0.15) is 5.69 Å². The third-order valence-electron chi connectivity index (χ3n) is 7.92. The van der Waals surface area contributed by atoms with E-state index >= 15 is 0 Å². The van der Waals surface area contributed by atoms with E-state index in [1.807, 2.05) is 60.7 Å². The molecular formula is C37H20N4S. The number of nitriles is 1. The van der Waals surface area contributed by atoms with E-state index < -0.39 is 0 Å². The zero-order valence-corrected chi connectivity index (χ0v) is 23.1. The molecule has 0 saturated carbocycles. The second kappa shape index (κ2) is 9.42. The normalized spacial score (nSPS) is 11.3. The van der Waals surface area contributed by atoms with Crippen LogP contribution in [0.4, 0.5) is 5.69 Å². The first-order valence-electron chi connectivity index (χ1n) is 13.6. The van der Waals surface area contributed by atoms with Gasteiger partial charge in [0, 0.05) is 48.3 Å². The predicted molar refractivity (Wildman–Crippen MR) is 173 cm³/mol. The van der Waals surface area contributed by atoms with Crippen molar-refractivity contribution in [1.82, 2.24) is 9.55 Å². The number of pyridine rings is 1. The van der Waals surface area contributed by atoms with Crippen LogP contribution in [0.2, 0.25) is 0 Å². The van der Waals surface area contributed by atoms with Crippen molar-refractivity contribution >= 4 is 59.0 Å². The number of fused-ring (bicyclic) bond motifs is 6. The number of para-hydroxylation sites is 1. The van der Waals surface area contributed by atoms with Gasteiger partial charge in [0.2, 0.25) is 5.69 Å². The minimum absolute atomic E-state index is 0.336. The van der Waals surface area contributed by atoms with E-state index in [-0.39, 0.29) is 0 Å². The minimum Gasteiger partial charge on any atom is -0.319 e. The fourth-order valence-corrected chi connectivity index (χ4v) is 7.10. The molecule has 0 aliphatic carbocycles. The Morgan fingerprint density at radius 1 is 0.667 bits per heavy atom. The van der Waals surface area contributed by atoms with E-state index in [2.05, 4.69) is 75.1 Å². The Labute approximate surface area is 245 Å². The van der Waals surface area contributed by atoms with Gasteiger partial charge in [0.05, 0.1) is 23.3 Å². The molecule has 4 nitrogen and oxygen atoms in total. The molecule has 8 aromatic rings. The van der Waals surface area contributed by atoms with Crippen molar-refractivity contribution in [2.75, 3.05) is 0 Å². The van der Waals surface area contributed by atoms with E-state index in [9.17, 15) is 5.26 Å². The summed E-state index contributed by atoms with van der Waals surface area (Å²) in [7, 11) is 0. The number of hydrogen-bond donors (Lipinski definition) is 0. The van der Waals surface area contributed by atoms with Gasteiger partial charge in [0.1, 0.15) is 11.8 Å². The molecule has 0 N–H and O–H groups in total.